The van der Waals surface area contributed by atoms with Gasteiger partial charge in [-0.25, -0.2) is 8.78 Å². The molecule has 2 atom stereocenters. The van der Waals surface area contributed by atoms with Gasteiger partial charge >= 0.3 is 0 Å². The average Bonchev–Trinajstić information content (AvgIpc) is 2.79. The fourth-order valence-electron chi connectivity index (χ4n) is 2.99. The van der Waals surface area contributed by atoms with Gasteiger partial charge < -0.3 is 10.2 Å². The van der Waals surface area contributed by atoms with Gasteiger partial charge in [0.05, 0.1) is 19.3 Å². The average molecular weight is 404 g/mol. The molecule has 158 valence electrons. The smallest absolute Gasteiger partial charge is 0.163 e. The number of nitrogens with zero attached hydrogens (tertiary/aromatic N) is 3. The molecule has 1 aliphatic heterocycles. The largest absolute Gasteiger partial charge is 0.349 e. The van der Waals surface area contributed by atoms with Crippen LogP contribution in [0.4, 0.5) is 8.78 Å². The standard InChI is InChI=1S/C22H31F2N5/c1-17-9-5-4-6-13-28-21(15-26-12-8-14-27-18(2)25-3)29(17)16-19-10-7-11-20(23)22(19)24/h4-7,9-11,17-18,26-27H,3,8,12-16H2,1-2H3/b6-4-,9-5-,28-21?. The van der Waals surface area contributed by atoms with Gasteiger partial charge in [0.2, 0.25) is 0 Å². The molecule has 2 N–H and O–H groups in total. The predicted molar refractivity (Wildman–Crippen MR) is 116 cm³/mol. The van der Waals surface area contributed by atoms with Crippen molar-refractivity contribution >= 4 is 12.6 Å². The minimum absolute atomic E-state index is 0.0119. The van der Waals surface area contributed by atoms with Crippen LogP contribution >= 0.6 is 0 Å². The maximum atomic E-state index is 14.3. The Morgan fingerprint density at radius 2 is 2.14 bits per heavy atom. The Hall–Kier alpha value is -2.38. The molecule has 1 aromatic rings. The number of allylic oxidation sites excluding steroid dienone is 2. The van der Waals surface area contributed by atoms with Gasteiger partial charge in [-0.3, -0.25) is 15.3 Å². The summed E-state index contributed by atoms with van der Waals surface area (Å²) >= 11 is 0. The molecule has 29 heavy (non-hydrogen) atoms. The molecule has 0 aromatic heterocycles. The van der Waals surface area contributed by atoms with E-state index in [0.717, 1.165) is 31.4 Å². The van der Waals surface area contributed by atoms with Crippen LogP contribution in [0.3, 0.4) is 0 Å². The molecule has 0 radical (unpaired) electrons. The lowest BCUT2D eigenvalue weighted by Crippen LogP contribution is -2.43. The minimum Gasteiger partial charge on any atom is -0.349 e. The lowest BCUT2D eigenvalue weighted by atomic mass is 10.1. The van der Waals surface area contributed by atoms with E-state index in [4.69, 9.17) is 0 Å². The van der Waals surface area contributed by atoms with Crippen molar-refractivity contribution in [2.24, 2.45) is 9.98 Å². The van der Waals surface area contributed by atoms with Crippen LogP contribution in [0.15, 0.2) is 52.5 Å². The van der Waals surface area contributed by atoms with Gasteiger partial charge in [-0.05, 0) is 46.1 Å². The number of amidine groups is 1. The van der Waals surface area contributed by atoms with E-state index in [1.807, 2.05) is 43.1 Å². The highest BCUT2D eigenvalue weighted by Crippen LogP contribution is 2.17. The number of rotatable bonds is 10. The molecule has 5 nitrogen and oxygen atoms in total. The zero-order valence-electron chi connectivity index (χ0n) is 17.2. The molecule has 0 bridgehead atoms. The topological polar surface area (TPSA) is 52.0 Å². The second-order valence-electron chi connectivity index (χ2n) is 6.99. The summed E-state index contributed by atoms with van der Waals surface area (Å²) in [5.74, 6) is -0.805. The minimum atomic E-state index is -0.830. The number of aliphatic imine (C=N–C) groups is 2. The van der Waals surface area contributed by atoms with Crippen LogP contribution in [-0.4, -0.2) is 55.8 Å². The van der Waals surface area contributed by atoms with Crippen LogP contribution in [0.5, 0.6) is 0 Å². The summed E-state index contributed by atoms with van der Waals surface area (Å²) in [6.07, 6.45) is 8.90. The van der Waals surface area contributed by atoms with Crippen molar-refractivity contribution in [3.8, 4) is 0 Å². The number of halogens is 2. The second-order valence-corrected chi connectivity index (χ2v) is 6.99. The van der Waals surface area contributed by atoms with Crippen LogP contribution in [0.2, 0.25) is 0 Å². The molecule has 0 spiro atoms. The van der Waals surface area contributed by atoms with Crippen LogP contribution < -0.4 is 10.6 Å². The lowest BCUT2D eigenvalue weighted by molar-refractivity contribution is 0.351. The van der Waals surface area contributed by atoms with Crippen molar-refractivity contribution in [3.05, 3.63) is 59.7 Å². The first-order valence-corrected chi connectivity index (χ1v) is 9.99. The molecule has 0 aliphatic carbocycles. The number of benzene rings is 1. The van der Waals surface area contributed by atoms with Crippen LogP contribution in [0.25, 0.3) is 0 Å². The second kappa shape index (κ2) is 12.2. The summed E-state index contributed by atoms with van der Waals surface area (Å²) in [6, 6.07) is 4.28. The van der Waals surface area contributed by atoms with Crippen molar-refractivity contribution in [2.75, 3.05) is 26.2 Å². The van der Waals surface area contributed by atoms with Crippen molar-refractivity contribution in [2.45, 2.75) is 39.0 Å². The first-order chi connectivity index (χ1) is 14.0. The van der Waals surface area contributed by atoms with E-state index < -0.39 is 11.6 Å². The maximum Gasteiger partial charge on any atom is 0.163 e. The fraction of sp³-hybridized carbons (Fsp3) is 0.455. The zero-order valence-corrected chi connectivity index (χ0v) is 17.2. The highest BCUT2D eigenvalue weighted by Gasteiger charge is 2.19. The van der Waals surface area contributed by atoms with Crippen molar-refractivity contribution in [3.63, 3.8) is 0 Å². The van der Waals surface area contributed by atoms with Gasteiger partial charge in [-0.1, -0.05) is 36.4 Å². The fourth-order valence-corrected chi connectivity index (χ4v) is 2.99. The van der Waals surface area contributed by atoms with Gasteiger partial charge in [0.1, 0.15) is 5.84 Å². The molecule has 1 aromatic carbocycles. The molecule has 0 amide bonds. The highest BCUT2D eigenvalue weighted by molar-refractivity contribution is 5.85. The van der Waals surface area contributed by atoms with E-state index in [9.17, 15) is 8.78 Å². The summed E-state index contributed by atoms with van der Waals surface area (Å²) in [7, 11) is 0. The van der Waals surface area contributed by atoms with Crippen molar-refractivity contribution < 1.29 is 8.78 Å². The molecule has 0 saturated carbocycles. The number of hydrogen-bond acceptors (Lipinski definition) is 5. The normalized spacial score (nSPS) is 20.2. The van der Waals surface area contributed by atoms with Crippen LogP contribution in [-0.2, 0) is 6.54 Å². The van der Waals surface area contributed by atoms with Gasteiger partial charge in [0.15, 0.2) is 11.6 Å². The van der Waals surface area contributed by atoms with E-state index in [-0.39, 0.29) is 18.8 Å². The summed E-state index contributed by atoms with van der Waals surface area (Å²) in [6.45, 7) is 10.5. The summed E-state index contributed by atoms with van der Waals surface area (Å²) in [5.41, 5.74) is 0.320. The Morgan fingerprint density at radius 3 is 2.93 bits per heavy atom. The van der Waals surface area contributed by atoms with Crippen LogP contribution in [0, 0.1) is 11.6 Å². The summed E-state index contributed by atoms with van der Waals surface area (Å²) < 4.78 is 27.9. The lowest BCUT2D eigenvalue weighted by Gasteiger charge is -2.31. The Bertz CT molecular complexity index is 745. The molecule has 0 fully saturated rings. The first-order valence-electron chi connectivity index (χ1n) is 9.99. The Labute approximate surface area is 172 Å². The highest BCUT2D eigenvalue weighted by atomic mass is 19.2. The molecular formula is C22H31F2N5. The SMILES string of the molecule is C=NC(C)NCCCNCC1=NC/C=C\C=C/C(C)N1Cc1cccc(F)c1F. The first kappa shape index (κ1) is 22.9. The van der Waals surface area contributed by atoms with Crippen molar-refractivity contribution in [1.82, 2.24) is 15.5 Å². The predicted octanol–water partition coefficient (Wildman–Crippen LogP) is 3.30. The third kappa shape index (κ3) is 7.51. The molecule has 1 heterocycles. The molecule has 7 heteroatoms. The molecule has 2 unspecified atom stereocenters. The Balaban J connectivity index is 2.03. The zero-order chi connectivity index (χ0) is 21.1. The van der Waals surface area contributed by atoms with Crippen molar-refractivity contribution in [1.29, 1.82) is 0 Å². The van der Waals surface area contributed by atoms with E-state index in [2.05, 4.69) is 27.3 Å². The van der Waals surface area contributed by atoms with E-state index in [1.54, 1.807) is 6.07 Å². The third-order valence-corrected chi connectivity index (χ3v) is 4.74. The van der Waals surface area contributed by atoms with E-state index in [0.29, 0.717) is 18.7 Å². The Morgan fingerprint density at radius 1 is 1.31 bits per heavy atom. The van der Waals surface area contributed by atoms with Gasteiger partial charge in [0, 0.05) is 18.2 Å². The maximum absolute atomic E-state index is 14.3. The number of hydrogen-bond donors (Lipinski definition) is 2. The van der Waals surface area contributed by atoms with Gasteiger partial charge in [0.25, 0.3) is 0 Å². The third-order valence-electron chi connectivity index (χ3n) is 4.74. The van der Waals surface area contributed by atoms with E-state index in [1.165, 1.54) is 6.07 Å². The quantitative estimate of drug-likeness (QED) is 0.466. The molecule has 0 saturated heterocycles. The Kier molecular flexibility index (Phi) is 9.67. The van der Waals surface area contributed by atoms with Gasteiger partial charge in [-0.15, -0.1) is 0 Å². The van der Waals surface area contributed by atoms with Crippen LogP contribution in [0.1, 0.15) is 25.8 Å². The number of nitrogens with one attached hydrogen (secondary N) is 2. The monoisotopic (exact) mass is 403 g/mol. The molecular weight excluding hydrogens is 372 g/mol. The van der Waals surface area contributed by atoms with Gasteiger partial charge in [-0.2, -0.15) is 0 Å². The summed E-state index contributed by atoms with van der Waals surface area (Å²) in [5, 5.41) is 6.66. The summed E-state index contributed by atoms with van der Waals surface area (Å²) in [4.78, 5) is 10.6. The molecule has 1 aliphatic rings. The molecule has 2 rings (SSSR count). The van der Waals surface area contributed by atoms with E-state index >= 15 is 0 Å².